The number of nitriles is 1. The van der Waals surface area contributed by atoms with Crippen LogP contribution in [-0.4, -0.2) is 9.97 Å². The normalized spacial score (nSPS) is 9.61. The maximum atomic E-state index is 9.05. The van der Waals surface area contributed by atoms with Gasteiger partial charge >= 0.3 is 0 Å². The number of nitrogens with one attached hydrogen (secondary N) is 2. The topological polar surface area (TPSA) is 99.7 Å². The predicted molar refractivity (Wildman–Crippen MR) is 72.0 cm³/mol. The zero-order chi connectivity index (χ0) is 13.0. The molecule has 7 heteroatoms. The SMILES string of the molecule is N#Cc1cc(Br)ccc1Nc1ccnc(NN)n1. The minimum absolute atomic E-state index is 0.301. The van der Waals surface area contributed by atoms with Crippen LogP contribution >= 0.6 is 15.9 Å². The van der Waals surface area contributed by atoms with Crippen LogP contribution in [0.3, 0.4) is 0 Å². The van der Waals surface area contributed by atoms with Gasteiger partial charge in [-0.1, -0.05) is 15.9 Å². The molecule has 2 aromatic rings. The van der Waals surface area contributed by atoms with Crippen LogP contribution in [0, 0.1) is 11.3 Å². The second-order valence-corrected chi connectivity index (χ2v) is 4.25. The van der Waals surface area contributed by atoms with E-state index in [0.717, 1.165) is 4.47 Å². The van der Waals surface area contributed by atoms with E-state index in [-0.39, 0.29) is 0 Å². The third-order valence-electron chi connectivity index (χ3n) is 2.15. The number of hydrogen-bond donors (Lipinski definition) is 3. The van der Waals surface area contributed by atoms with E-state index in [4.69, 9.17) is 11.1 Å². The molecule has 0 bridgehead atoms. The maximum absolute atomic E-state index is 9.05. The van der Waals surface area contributed by atoms with E-state index in [0.29, 0.717) is 23.0 Å². The van der Waals surface area contributed by atoms with E-state index in [1.165, 1.54) is 0 Å². The van der Waals surface area contributed by atoms with E-state index < -0.39 is 0 Å². The molecule has 18 heavy (non-hydrogen) atoms. The first-order valence-corrected chi connectivity index (χ1v) is 5.78. The molecule has 1 aromatic heterocycles. The molecule has 0 atom stereocenters. The molecule has 0 aliphatic heterocycles. The Balaban J connectivity index is 2.31. The number of nitrogens with two attached hydrogens (primary N) is 1. The van der Waals surface area contributed by atoms with Crippen LogP contribution in [0.15, 0.2) is 34.9 Å². The van der Waals surface area contributed by atoms with Crippen molar-refractivity contribution in [3.8, 4) is 6.07 Å². The van der Waals surface area contributed by atoms with E-state index in [1.807, 2.05) is 6.07 Å². The van der Waals surface area contributed by atoms with Crippen molar-refractivity contribution in [2.45, 2.75) is 0 Å². The highest BCUT2D eigenvalue weighted by Crippen LogP contribution is 2.23. The first kappa shape index (κ1) is 12.3. The molecule has 0 amide bonds. The summed E-state index contributed by atoms with van der Waals surface area (Å²) >= 11 is 3.31. The highest BCUT2D eigenvalue weighted by Gasteiger charge is 2.04. The van der Waals surface area contributed by atoms with Crippen molar-refractivity contribution in [1.29, 1.82) is 5.26 Å². The quantitative estimate of drug-likeness (QED) is 0.593. The number of aromatic nitrogens is 2. The molecular weight excluding hydrogens is 296 g/mol. The summed E-state index contributed by atoms with van der Waals surface area (Å²) in [6.45, 7) is 0. The molecule has 0 aliphatic carbocycles. The van der Waals surface area contributed by atoms with Gasteiger partial charge in [-0.05, 0) is 24.3 Å². The summed E-state index contributed by atoms with van der Waals surface area (Å²) in [5, 5.41) is 12.1. The van der Waals surface area contributed by atoms with Crippen LogP contribution in [0.4, 0.5) is 17.5 Å². The van der Waals surface area contributed by atoms with Crippen molar-refractivity contribution in [1.82, 2.24) is 9.97 Å². The lowest BCUT2D eigenvalue weighted by molar-refractivity contribution is 1.12. The molecule has 6 nitrogen and oxygen atoms in total. The van der Waals surface area contributed by atoms with Crippen molar-refractivity contribution < 1.29 is 0 Å². The summed E-state index contributed by atoms with van der Waals surface area (Å²) in [6.07, 6.45) is 1.56. The highest BCUT2D eigenvalue weighted by molar-refractivity contribution is 9.10. The fourth-order valence-corrected chi connectivity index (χ4v) is 1.71. The summed E-state index contributed by atoms with van der Waals surface area (Å²) in [4.78, 5) is 8.00. The zero-order valence-electron chi connectivity index (χ0n) is 9.18. The Hall–Kier alpha value is -2.17. The van der Waals surface area contributed by atoms with Gasteiger partial charge in [0, 0.05) is 10.7 Å². The average Bonchev–Trinajstić information content (AvgIpc) is 2.41. The van der Waals surface area contributed by atoms with Crippen LogP contribution in [0.1, 0.15) is 5.56 Å². The Morgan fingerprint density at radius 1 is 1.33 bits per heavy atom. The molecule has 0 saturated heterocycles. The minimum Gasteiger partial charge on any atom is -0.339 e. The Kier molecular flexibility index (Phi) is 3.72. The summed E-state index contributed by atoms with van der Waals surface area (Å²) in [5.74, 6) is 6.08. The van der Waals surface area contributed by atoms with Gasteiger partial charge in [0.05, 0.1) is 11.3 Å². The second-order valence-electron chi connectivity index (χ2n) is 3.34. The van der Waals surface area contributed by atoms with Gasteiger partial charge in [-0.15, -0.1) is 0 Å². The Morgan fingerprint density at radius 2 is 2.17 bits per heavy atom. The number of rotatable bonds is 3. The fraction of sp³-hybridized carbons (Fsp3) is 0. The van der Waals surface area contributed by atoms with Crippen molar-refractivity contribution in [2.75, 3.05) is 10.7 Å². The van der Waals surface area contributed by atoms with Gasteiger partial charge < -0.3 is 5.32 Å². The average molecular weight is 305 g/mol. The Labute approximate surface area is 112 Å². The van der Waals surface area contributed by atoms with Crippen molar-refractivity contribution in [2.24, 2.45) is 5.84 Å². The fourth-order valence-electron chi connectivity index (χ4n) is 1.35. The van der Waals surface area contributed by atoms with E-state index in [1.54, 1.807) is 24.4 Å². The van der Waals surface area contributed by atoms with Crippen molar-refractivity contribution in [3.63, 3.8) is 0 Å². The Bertz CT molecular complexity index is 607. The molecule has 0 fully saturated rings. The molecule has 0 radical (unpaired) electrons. The molecule has 0 saturated carbocycles. The maximum Gasteiger partial charge on any atom is 0.239 e. The predicted octanol–water partition coefficient (Wildman–Crippen LogP) is 2.14. The summed E-state index contributed by atoms with van der Waals surface area (Å²) in [5.41, 5.74) is 3.54. The van der Waals surface area contributed by atoms with Crippen LogP contribution in [0.2, 0.25) is 0 Å². The lowest BCUT2D eigenvalue weighted by atomic mass is 10.2. The smallest absolute Gasteiger partial charge is 0.239 e. The Morgan fingerprint density at radius 3 is 2.89 bits per heavy atom. The summed E-state index contributed by atoms with van der Waals surface area (Å²) in [7, 11) is 0. The van der Waals surface area contributed by atoms with Gasteiger partial charge in [0.1, 0.15) is 11.9 Å². The third-order valence-corrected chi connectivity index (χ3v) is 2.64. The van der Waals surface area contributed by atoms with E-state index in [9.17, 15) is 0 Å². The van der Waals surface area contributed by atoms with E-state index in [2.05, 4.69) is 42.7 Å². The first-order chi connectivity index (χ1) is 8.72. The molecule has 1 heterocycles. The van der Waals surface area contributed by atoms with Gasteiger partial charge in [-0.3, -0.25) is 5.43 Å². The minimum atomic E-state index is 0.301. The summed E-state index contributed by atoms with van der Waals surface area (Å²) < 4.78 is 0.844. The van der Waals surface area contributed by atoms with Gasteiger partial charge in [-0.2, -0.15) is 10.2 Å². The van der Waals surface area contributed by atoms with Crippen molar-refractivity contribution >= 4 is 33.4 Å². The monoisotopic (exact) mass is 304 g/mol. The molecule has 0 spiro atoms. The third kappa shape index (κ3) is 2.74. The number of nitrogens with zero attached hydrogens (tertiary/aromatic N) is 3. The van der Waals surface area contributed by atoms with Gasteiger partial charge in [0.25, 0.3) is 0 Å². The standard InChI is InChI=1S/C11H9BrN6/c12-8-1-2-9(7(5-8)6-13)16-10-3-4-15-11(17-10)18-14/h1-5H,14H2,(H2,15,16,17,18). The molecule has 0 aliphatic rings. The second kappa shape index (κ2) is 5.44. The van der Waals surface area contributed by atoms with Crippen LogP contribution in [0.25, 0.3) is 0 Å². The molecule has 90 valence electrons. The van der Waals surface area contributed by atoms with Gasteiger partial charge in [-0.25, -0.2) is 10.8 Å². The van der Waals surface area contributed by atoms with E-state index >= 15 is 0 Å². The molecule has 4 N–H and O–H groups in total. The molecule has 2 rings (SSSR count). The molecule has 0 unspecified atom stereocenters. The number of hydrazine groups is 1. The van der Waals surface area contributed by atoms with Crippen LogP contribution in [0.5, 0.6) is 0 Å². The molecule has 1 aromatic carbocycles. The highest BCUT2D eigenvalue weighted by atomic mass is 79.9. The largest absolute Gasteiger partial charge is 0.339 e. The lowest BCUT2D eigenvalue weighted by Crippen LogP contribution is -2.11. The molecular formula is C11H9BrN6. The number of halogens is 1. The zero-order valence-corrected chi connectivity index (χ0v) is 10.8. The van der Waals surface area contributed by atoms with Crippen molar-refractivity contribution in [3.05, 3.63) is 40.5 Å². The van der Waals surface area contributed by atoms with Gasteiger partial charge in [0.2, 0.25) is 5.95 Å². The summed E-state index contributed by atoms with van der Waals surface area (Å²) in [6, 6.07) is 9.15. The number of benzene rings is 1. The van der Waals surface area contributed by atoms with Crippen LogP contribution in [-0.2, 0) is 0 Å². The van der Waals surface area contributed by atoms with Gasteiger partial charge in [0.15, 0.2) is 0 Å². The number of anilines is 3. The lowest BCUT2D eigenvalue weighted by Gasteiger charge is -2.08. The number of nitrogen functional groups attached to an aromatic ring is 1. The number of hydrogen-bond acceptors (Lipinski definition) is 6. The first-order valence-electron chi connectivity index (χ1n) is 4.99. The van der Waals surface area contributed by atoms with Crippen LogP contribution < -0.4 is 16.6 Å².